The molecular formula is C60H38. The van der Waals surface area contributed by atoms with Crippen LogP contribution in [-0.4, -0.2) is 0 Å². The maximum atomic E-state index is 2.53. The Morgan fingerprint density at radius 2 is 0.733 bits per heavy atom. The maximum Gasteiger partial charge on any atom is -0.000719 e. The second-order valence-electron chi connectivity index (χ2n) is 16.8. The molecule has 0 nitrogen and oxygen atoms in total. The van der Waals surface area contributed by atoms with Gasteiger partial charge in [-0.3, -0.25) is 0 Å². The Labute approximate surface area is 348 Å². The van der Waals surface area contributed by atoms with Gasteiger partial charge in [0.15, 0.2) is 0 Å². The highest BCUT2D eigenvalue weighted by atomic mass is 14.3. The number of fused-ring (bicyclic) bond motifs is 9. The third-order valence-electron chi connectivity index (χ3n) is 13.6. The normalized spacial score (nSPS) is 12.2. The van der Waals surface area contributed by atoms with Crippen molar-refractivity contribution in [3.05, 3.63) is 205 Å². The predicted molar refractivity (Wildman–Crippen MR) is 260 cm³/mol. The highest BCUT2D eigenvalue weighted by molar-refractivity contribution is 6.45. The maximum absolute atomic E-state index is 2.53. The summed E-state index contributed by atoms with van der Waals surface area (Å²) in [5, 5.41) is 21.0. The van der Waals surface area contributed by atoms with E-state index in [9.17, 15) is 0 Å². The van der Waals surface area contributed by atoms with E-state index in [1.54, 1.807) is 0 Å². The summed E-state index contributed by atoms with van der Waals surface area (Å²) in [6.45, 7) is 4.42. The molecule has 0 fully saturated rings. The lowest BCUT2D eigenvalue weighted by atomic mass is 9.84. The summed E-state index contributed by atoms with van der Waals surface area (Å²) in [4.78, 5) is 0. The van der Waals surface area contributed by atoms with Crippen molar-refractivity contribution >= 4 is 86.2 Å². The molecule has 0 aliphatic carbocycles. The molecule has 0 aliphatic rings. The Kier molecular flexibility index (Phi) is 6.95. The summed E-state index contributed by atoms with van der Waals surface area (Å²) in [7, 11) is 0. The molecule has 0 N–H and O–H groups in total. The van der Waals surface area contributed by atoms with Gasteiger partial charge in [-0.25, -0.2) is 0 Å². The van der Waals surface area contributed by atoms with Gasteiger partial charge in [0.25, 0.3) is 0 Å². The summed E-state index contributed by atoms with van der Waals surface area (Å²) in [6.07, 6.45) is 0. The molecule has 0 spiro atoms. The average Bonchev–Trinajstić information content (AvgIpc) is 3.80. The summed E-state index contributed by atoms with van der Waals surface area (Å²) < 4.78 is 0. The van der Waals surface area contributed by atoms with Crippen LogP contribution < -0.4 is 0 Å². The summed E-state index contributed by atoms with van der Waals surface area (Å²) in [6, 6.07) is 73.1. The van der Waals surface area contributed by atoms with Crippen LogP contribution in [0.3, 0.4) is 0 Å². The number of aryl methyl sites for hydroxylation is 2. The molecule has 0 heteroatoms. The molecule has 60 heavy (non-hydrogen) atoms. The second-order valence-corrected chi connectivity index (χ2v) is 16.8. The van der Waals surface area contributed by atoms with Crippen LogP contribution in [0, 0.1) is 13.8 Å². The Hall–Kier alpha value is -7.54. The number of hydrogen-bond donors (Lipinski definition) is 0. The van der Waals surface area contributed by atoms with Gasteiger partial charge in [-0.15, -0.1) is 0 Å². The third-order valence-corrected chi connectivity index (χ3v) is 13.6. The van der Waals surface area contributed by atoms with Crippen LogP contribution in [0.5, 0.6) is 0 Å². The van der Waals surface area contributed by atoms with Crippen molar-refractivity contribution in [2.75, 3.05) is 0 Å². The van der Waals surface area contributed by atoms with Gasteiger partial charge in [0.1, 0.15) is 0 Å². The average molecular weight is 759 g/mol. The van der Waals surface area contributed by atoms with E-state index in [2.05, 4.69) is 208 Å². The molecule has 13 aromatic rings. The molecule has 0 unspecified atom stereocenters. The number of rotatable bonds is 4. The first-order valence-electron chi connectivity index (χ1n) is 21.1. The minimum Gasteiger partial charge on any atom is -0.0622 e. The number of benzene rings is 11. The van der Waals surface area contributed by atoms with Gasteiger partial charge < -0.3 is 0 Å². The zero-order valence-corrected chi connectivity index (χ0v) is 33.5. The Morgan fingerprint density at radius 3 is 1.45 bits per heavy atom. The SMILES string of the molecule is Cc1cccc(C)c1-c1ccc2cc(-c3ccc4c5c(-c6ccccc6)c6cc7c8ccccc8c8cccc(c6c(-c6ccccc6)c5c5cccc3c45)c87)ccc2c1. The van der Waals surface area contributed by atoms with Crippen LogP contribution in [0.2, 0.25) is 0 Å². The number of hydrogen-bond acceptors (Lipinski definition) is 0. The molecule has 0 heterocycles. The van der Waals surface area contributed by atoms with E-state index in [1.807, 2.05) is 0 Å². The van der Waals surface area contributed by atoms with E-state index >= 15 is 0 Å². The molecule has 0 atom stereocenters. The van der Waals surface area contributed by atoms with Crippen molar-refractivity contribution in [1.82, 2.24) is 0 Å². The van der Waals surface area contributed by atoms with E-state index in [1.165, 1.54) is 142 Å². The van der Waals surface area contributed by atoms with Gasteiger partial charge in [0.05, 0.1) is 0 Å². The van der Waals surface area contributed by atoms with Crippen molar-refractivity contribution in [3.8, 4) is 44.5 Å². The lowest BCUT2D eigenvalue weighted by Crippen LogP contribution is -1.91. The molecule has 0 amide bonds. The second kappa shape index (κ2) is 12.5. The van der Waals surface area contributed by atoms with E-state index in [-0.39, 0.29) is 0 Å². The van der Waals surface area contributed by atoms with Crippen molar-refractivity contribution in [2.45, 2.75) is 13.8 Å². The monoisotopic (exact) mass is 758 g/mol. The van der Waals surface area contributed by atoms with Gasteiger partial charge in [0.2, 0.25) is 0 Å². The molecule has 13 rings (SSSR count). The topological polar surface area (TPSA) is 0 Å². The van der Waals surface area contributed by atoms with E-state index in [4.69, 9.17) is 0 Å². The van der Waals surface area contributed by atoms with Crippen molar-refractivity contribution < 1.29 is 0 Å². The van der Waals surface area contributed by atoms with Crippen LogP contribution in [0.15, 0.2) is 194 Å². The molecule has 0 bridgehead atoms. The quantitative estimate of drug-likeness (QED) is 0.157. The van der Waals surface area contributed by atoms with Crippen LogP contribution >= 0.6 is 0 Å². The fourth-order valence-corrected chi connectivity index (χ4v) is 11.1. The molecule has 0 saturated heterocycles. The lowest BCUT2D eigenvalue weighted by molar-refractivity contribution is 1.38. The summed E-state index contributed by atoms with van der Waals surface area (Å²) in [5.41, 5.74) is 12.8. The standard InChI is InChI=1S/C60H38/c1-35-14-11-15-36(2)53(35)42-29-27-39-32-41(28-26-40(39)33-42)43-30-31-50-56-46(43)22-12-25-49(56)60-55(38-18-7-4-8-19-38)58-48-24-13-23-47-44-20-9-10-21-45(44)51(57(47)48)34-52(58)54(59(50)60)37-16-5-3-6-17-37/h3-34H,1-2H3. The Balaban J connectivity index is 1.16. The minimum absolute atomic E-state index is 1.24. The Morgan fingerprint density at radius 1 is 0.233 bits per heavy atom. The first kappa shape index (κ1) is 33.4. The van der Waals surface area contributed by atoms with Crippen LogP contribution in [0.4, 0.5) is 0 Å². The molecule has 0 radical (unpaired) electrons. The first-order valence-corrected chi connectivity index (χ1v) is 21.1. The molecule has 0 aromatic heterocycles. The van der Waals surface area contributed by atoms with Crippen molar-refractivity contribution in [1.29, 1.82) is 0 Å². The molecule has 278 valence electrons. The van der Waals surface area contributed by atoms with E-state index in [0.717, 1.165) is 0 Å². The van der Waals surface area contributed by atoms with Gasteiger partial charge in [-0.1, -0.05) is 176 Å². The van der Waals surface area contributed by atoms with Crippen LogP contribution in [0.1, 0.15) is 11.1 Å². The van der Waals surface area contributed by atoms with Gasteiger partial charge in [0, 0.05) is 0 Å². The molecule has 0 aliphatic heterocycles. The fraction of sp³-hybridized carbons (Fsp3) is 0.0333. The largest absolute Gasteiger partial charge is 0.0622 e. The summed E-state index contributed by atoms with van der Waals surface area (Å²) >= 11 is 0. The van der Waals surface area contributed by atoms with Crippen molar-refractivity contribution in [2.24, 2.45) is 0 Å². The first-order chi connectivity index (χ1) is 29.6. The zero-order valence-electron chi connectivity index (χ0n) is 33.5. The lowest BCUT2D eigenvalue weighted by Gasteiger charge is -2.19. The fourth-order valence-electron chi connectivity index (χ4n) is 11.1. The van der Waals surface area contributed by atoms with Crippen molar-refractivity contribution in [3.63, 3.8) is 0 Å². The van der Waals surface area contributed by atoms with Crippen LogP contribution in [-0.2, 0) is 0 Å². The van der Waals surface area contributed by atoms with Crippen LogP contribution in [0.25, 0.3) is 131 Å². The van der Waals surface area contributed by atoms with E-state index in [0.29, 0.717) is 0 Å². The predicted octanol–water partition coefficient (Wildman–Crippen LogP) is 17.1. The zero-order chi connectivity index (χ0) is 39.6. The molecular weight excluding hydrogens is 721 g/mol. The van der Waals surface area contributed by atoms with Gasteiger partial charge >= 0.3 is 0 Å². The Bertz CT molecular complexity index is 3850. The smallest absolute Gasteiger partial charge is 0.000719 e. The highest BCUT2D eigenvalue weighted by Crippen LogP contribution is 2.55. The molecule has 0 saturated carbocycles. The third kappa shape index (κ3) is 4.56. The molecule has 13 aromatic carbocycles. The van der Waals surface area contributed by atoms with Gasteiger partial charge in [-0.2, -0.15) is 0 Å². The highest BCUT2D eigenvalue weighted by Gasteiger charge is 2.27. The summed E-state index contributed by atoms with van der Waals surface area (Å²) in [5.74, 6) is 0. The van der Waals surface area contributed by atoms with E-state index < -0.39 is 0 Å². The minimum atomic E-state index is 1.24. The van der Waals surface area contributed by atoms with Gasteiger partial charge in [-0.05, 0) is 174 Å².